The second kappa shape index (κ2) is 4.65. The molecular weight excluding hydrogens is 228 g/mol. The Balaban J connectivity index is 2.23. The first-order valence-corrected chi connectivity index (χ1v) is 6.45. The first kappa shape index (κ1) is 11.1. The van der Waals surface area contributed by atoms with Crippen molar-refractivity contribution in [3.05, 3.63) is 6.33 Å². The minimum atomic E-state index is -0.706. The second-order valence-corrected chi connectivity index (χ2v) is 5.15. The number of nitrogens with two attached hydrogens (primary N) is 1. The van der Waals surface area contributed by atoms with Crippen LogP contribution in [-0.2, 0) is 10.8 Å². The van der Waals surface area contributed by atoms with Crippen molar-refractivity contribution in [2.45, 2.75) is 0 Å². The lowest BCUT2D eigenvalue weighted by atomic mass is 10.4. The van der Waals surface area contributed by atoms with Gasteiger partial charge in [-0.3, -0.25) is 4.21 Å². The van der Waals surface area contributed by atoms with Crippen molar-refractivity contribution in [3.8, 4) is 5.88 Å². The summed E-state index contributed by atoms with van der Waals surface area (Å²) in [4.78, 5) is 10.1. The molecular formula is C9H14N4O2S. The van der Waals surface area contributed by atoms with Gasteiger partial charge in [0.25, 0.3) is 0 Å². The number of hydrogen-bond acceptors (Lipinski definition) is 6. The molecule has 2 heterocycles. The molecule has 1 saturated heterocycles. The number of nitrogen functional groups attached to an aromatic ring is 1. The molecule has 0 radical (unpaired) electrons. The number of ether oxygens (including phenoxy) is 1. The van der Waals surface area contributed by atoms with Crippen LogP contribution >= 0.6 is 0 Å². The molecule has 2 rings (SSSR count). The maximum absolute atomic E-state index is 11.2. The van der Waals surface area contributed by atoms with E-state index in [1.165, 1.54) is 13.4 Å². The zero-order valence-electron chi connectivity index (χ0n) is 9.05. The maximum atomic E-state index is 11.2. The van der Waals surface area contributed by atoms with E-state index in [0.29, 0.717) is 42.0 Å². The minimum absolute atomic E-state index is 0.386. The van der Waals surface area contributed by atoms with Crippen LogP contribution in [-0.4, -0.2) is 45.9 Å². The molecule has 1 aliphatic rings. The van der Waals surface area contributed by atoms with Crippen molar-refractivity contribution in [2.75, 3.05) is 42.3 Å². The third kappa shape index (κ3) is 2.08. The Hall–Kier alpha value is -1.37. The fourth-order valence-electron chi connectivity index (χ4n) is 1.64. The summed E-state index contributed by atoms with van der Waals surface area (Å²) in [6.45, 7) is 1.41. The van der Waals surface area contributed by atoms with Gasteiger partial charge >= 0.3 is 0 Å². The second-order valence-electron chi connectivity index (χ2n) is 3.46. The van der Waals surface area contributed by atoms with Crippen LogP contribution in [0.2, 0.25) is 0 Å². The van der Waals surface area contributed by atoms with E-state index in [-0.39, 0.29) is 0 Å². The van der Waals surface area contributed by atoms with Gasteiger partial charge in [0, 0.05) is 35.4 Å². The molecule has 2 N–H and O–H groups in total. The number of anilines is 2. The van der Waals surface area contributed by atoms with E-state index in [4.69, 9.17) is 10.5 Å². The summed E-state index contributed by atoms with van der Waals surface area (Å²) < 4.78 is 16.3. The van der Waals surface area contributed by atoms with Gasteiger partial charge in [-0.25, -0.2) is 4.98 Å². The monoisotopic (exact) mass is 242 g/mol. The molecule has 0 amide bonds. The normalized spacial score (nSPS) is 17.4. The van der Waals surface area contributed by atoms with E-state index in [2.05, 4.69) is 9.97 Å². The van der Waals surface area contributed by atoms with Crippen LogP contribution in [0.5, 0.6) is 5.88 Å². The van der Waals surface area contributed by atoms with Crippen molar-refractivity contribution in [1.29, 1.82) is 0 Å². The van der Waals surface area contributed by atoms with Gasteiger partial charge in [-0.1, -0.05) is 0 Å². The fourth-order valence-corrected chi connectivity index (χ4v) is 2.69. The maximum Gasteiger partial charge on any atom is 0.242 e. The molecule has 0 bridgehead atoms. The van der Waals surface area contributed by atoms with Crippen molar-refractivity contribution in [1.82, 2.24) is 9.97 Å². The Morgan fingerprint density at radius 2 is 2.12 bits per heavy atom. The highest BCUT2D eigenvalue weighted by Crippen LogP contribution is 2.27. The topological polar surface area (TPSA) is 81.3 Å². The molecule has 0 atom stereocenters. The van der Waals surface area contributed by atoms with Gasteiger partial charge in [0.05, 0.1) is 7.11 Å². The highest BCUT2D eigenvalue weighted by atomic mass is 32.2. The largest absolute Gasteiger partial charge is 0.479 e. The Morgan fingerprint density at radius 3 is 2.75 bits per heavy atom. The molecule has 1 aromatic rings. The molecule has 1 aliphatic heterocycles. The third-order valence-corrected chi connectivity index (χ3v) is 3.77. The van der Waals surface area contributed by atoms with E-state index < -0.39 is 10.8 Å². The average Bonchev–Trinajstić information content (AvgIpc) is 2.31. The van der Waals surface area contributed by atoms with Crippen LogP contribution in [0, 0.1) is 0 Å². The number of aromatic nitrogens is 2. The van der Waals surface area contributed by atoms with E-state index >= 15 is 0 Å². The van der Waals surface area contributed by atoms with Crippen LogP contribution in [0.4, 0.5) is 11.5 Å². The first-order valence-electron chi connectivity index (χ1n) is 4.96. The van der Waals surface area contributed by atoms with Gasteiger partial charge in [0.1, 0.15) is 12.0 Å². The van der Waals surface area contributed by atoms with E-state index in [9.17, 15) is 4.21 Å². The first-order chi connectivity index (χ1) is 7.72. The molecule has 7 heteroatoms. The summed E-state index contributed by atoms with van der Waals surface area (Å²) in [7, 11) is 0.816. The van der Waals surface area contributed by atoms with Crippen LogP contribution in [0.25, 0.3) is 0 Å². The molecule has 0 spiro atoms. The Morgan fingerprint density at radius 1 is 1.44 bits per heavy atom. The van der Waals surface area contributed by atoms with Gasteiger partial charge in [-0.15, -0.1) is 0 Å². The lowest BCUT2D eigenvalue weighted by Crippen LogP contribution is -2.38. The van der Waals surface area contributed by atoms with Gasteiger partial charge in [-0.05, 0) is 0 Å². The van der Waals surface area contributed by atoms with Gasteiger partial charge in [-0.2, -0.15) is 4.98 Å². The lowest BCUT2D eigenvalue weighted by Gasteiger charge is -2.28. The van der Waals surface area contributed by atoms with E-state index in [1.54, 1.807) is 0 Å². The highest BCUT2D eigenvalue weighted by Gasteiger charge is 2.20. The molecule has 88 valence electrons. The molecule has 1 aromatic heterocycles. The molecule has 0 aliphatic carbocycles. The van der Waals surface area contributed by atoms with Crippen molar-refractivity contribution >= 4 is 22.3 Å². The molecule has 1 fully saturated rings. The summed E-state index contributed by atoms with van der Waals surface area (Å²) in [5.74, 6) is 2.37. The number of nitrogens with zero attached hydrogens (tertiary/aromatic N) is 3. The summed E-state index contributed by atoms with van der Waals surface area (Å²) in [5.41, 5.74) is 6.33. The van der Waals surface area contributed by atoms with E-state index in [1.807, 2.05) is 4.90 Å². The van der Waals surface area contributed by atoms with Crippen molar-refractivity contribution < 1.29 is 8.95 Å². The van der Waals surface area contributed by atoms with Crippen molar-refractivity contribution in [2.24, 2.45) is 0 Å². The van der Waals surface area contributed by atoms with Crippen LogP contribution < -0.4 is 15.4 Å². The standard InChI is InChI=1S/C9H14N4O2S/c1-15-9-7(10)8(11-6-12-9)13-2-4-16(14)5-3-13/h6H,2-5,10H2,1H3. The summed E-state index contributed by atoms with van der Waals surface area (Å²) in [5, 5.41) is 0. The summed E-state index contributed by atoms with van der Waals surface area (Å²) in [6, 6.07) is 0. The lowest BCUT2D eigenvalue weighted by molar-refractivity contribution is 0.399. The molecule has 6 nitrogen and oxygen atoms in total. The molecule has 16 heavy (non-hydrogen) atoms. The highest BCUT2D eigenvalue weighted by molar-refractivity contribution is 7.85. The van der Waals surface area contributed by atoms with Crippen LogP contribution in [0.15, 0.2) is 6.33 Å². The zero-order chi connectivity index (χ0) is 11.5. The molecule has 0 unspecified atom stereocenters. The number of methoxy groups -OCH3 is 1. The third-order valence-electron chi connectivity index (χ3n) is 2.50. The predicted molar refractivity (Wildman–Crippen MR) is 63.1 cm³/mol. The number of rotatable bonds is 2. The fraction of sp³-hybridized carbons (Fsp3) is 0.556. The Labute approximate surface area is 96.3 Å². The van der Waals surface area contributed by atoms with Crippen molar-refractivity contribution in [3.63, 3.8) is 0 Å². The smallest absolute Gasteiger partial charge is 0.242 e. The van der Waals surface area contributed by atoms with Crippen LogP contribution in [0.1, 0.15) is 0 Å². The SMILES string of the molecule is COc1ncnc(N2CCS(=O)CC2)c1N. The summed E-state index contributed by atoms with van der Waals surface area (Å²) >= 11 is 0. The number of hydrogen-bond donors (Lipinski definition) is 1. The average molecular weight is 242 g/mol. The summed E-state index contributed by atoms with van der Waals surface area (Å²) in [6.07, 6.45) is 1.43. The van der Waals surface area contributed by atoms with Gasteiger partial charge in [0.2, 0.25) is 5.88 Å². The molecule has 0 aromatic carbocycles. The quantitative estimate of drug-likeness (QED) is 0.762. The minimum Gasteiger partial charge on any atom is -0.479 e. The van der Waals surface area contributed by atoms with Gasteiger partial charge in [0.15, 0.2) is 5.82 Å². The molecule has 0 saturated carbocycles. The van der Waals surface area contributed by atoms with E-state index in [0.717, 1.165) is 0 Å². The van der Waals surface area contributed by atoms with Crippen LogP contribution in [0.3, 0.4) is 0 Å². The van der Waals surface area contributed by atoms with Gasteiger partial charge < -0.3 is 15.4 Å². The Kier molecular flexibility index (Phi) is 3.23. The Bertz CT molecular complexity index is 402. The predicted octanol–water partition coefficient (Wildman–Crippen LogP) is -0.364. The zero-order valence-corrected chi connectivity index (χ0v) is 9.87.